The Labute approximate surface area is 132 Å². The van der Waals surface area contributed by atoms with Crippen molar-refractivity contribution in [1.29, 1.82) is 0 Å². The zero-order chi connectivity index (χ0) is 14.6. The molecule has 3 rings (SSSR count). The highest BCUT2D eigenvalue weighted by Gasteiger charge is 2.38. The normalized spacial score (nSPS) is 29.6. The van der Waals surface area contributed by atoms with Gasteiger partial charge in [-0.2, -0.15) is 0 Å². The molecule has 0 unspecified atom stereocenters. The highest BCUT2D eigenvalue weighted by molar-refractivity contribution is 4.92. The molecule has 0 bridgehead atoms. The fourth-order valence-corrected chi connectivity index (χ4v) is 5.53. The minimum atomic E-state index is 0.587. The summed E-state index contributed by atoms with van der Waals surface area (Å²) < 4.78 is 0. The molecular weight excluding hydrogens is 256 g/mol. The zero-order valence-electron chi connectivity index (χ0n) is 14.3. The van der Waals surface area contributed by atoms with Crippen LogP contribution < -0.4 is 5.32 Å². The topological polar surface area (TPSA) is 15.3 Å². The summed E-state index contributed by atoms with van der Waals surface area (Å²) in [6.07, 6.45) is 17.8. The number of hydrogen-bond acceptors (Lipinski definition) is 2. The fraction of sp³-hybridized carbons (Fsp3) is 1.00. The molecule has 2 saturated carbocycles. The molecule has 3 aliphatic rings. The average molecular weight is 293 g/mol. The van der Waals surface area contributed by atoms with Crippen LogP contribution >= 0.6 is 0 Å². The van der Waals surface area contributed by atoms with Crippen molar-refractivity contribution in [2.45, 2.75) is 77.0 Å². The molecule has 2 nitrogen and oxygen atoms in total. The van der Waals surface area contributed by atoms with Crippen LogP contribution in [0.15, 0.2) is 0 Å². The summed E-state index contributed by atoms with van der Waals surface area (Å²) in [5, 5.41) is 3.50. The number of piperidine rings is 1. The molecule has 0 aromatic heterocycles. The molecule has 122 valence electrons. The van der Waals surface area contributed by atoms with Gasteiger partial charge in [0.05, 0.1) is 0 Å². The van der Waals surface area contributed by atoms with E-state index in [1.807, 2.05) is 0 Å². The van der Waals surface area contributed by atoms with Gasteiger partial charge >= 0.3 is 0 Å². The third-order valence-corrected chi connectivity index (χ3v) is 6.86. The largest absolute Gasteiger partial charge is 0.319 e. The van der Waals surface area contributed by atoms with Crippen molar-refractivity contribution >= 4 is 0 Å². The first-order chi connectivity index (χ1) is 10.3. The second-order valence-corrected chi connectivity index (χ2v) is 8.43. The molecular formula is C19H36N2. The van der Waals surface area contributed by atoms with Crippen molar-refractivity contribution in [3.63, 3.8) is 0 Å². The van der Waals surface area contributed by atoms with Crippen LogP contribution in [0.3, 0.4) is 0 Å². The molecule has 0 radical (unpaired) electrons. The van der Waals surface area contributed by atoms with Crippen molar-refractivity contribution in [3.05, 3.63) is 0 Å². The van der Waals surface area contributed by atoms with Crippen LogP contribution in [0, 0.1) is 10.8 Å². The fourth-order valence-electron chi connectivity index (χ4n) is 5.53. The maximum absolute atomic E-state index is 3.50. The van der Waals surface area contributed by atoms with Gasteiger partial charge in [-0.1, -0.05) is 38.5 Å². The van der Waals surface area contributed by atoms with E-state index in [0.29, 0.717) is 5.41 Å². The van der Waals surface area contributed by atoms with Crippen molar-refractivity contribution in [2.75, 3.05) is 33.2 Å². The molecule has 0 atom stereocenters. The van der Waals surface area contributed by atoms with E-state index in [9.17, 15) is 0 Å². The number of likely N-dealkylation sites (tertiary alicyclic amines) is 1. The lowest BCUT2D eigenvalue weighted by Gasteiger charge is -2.48. The molecule has 1 heterocycles. The summed E-state index contributed by atoms with van der Waals surface area (Å²) in [6.45, 7) is 5.36. The maximum Gasteiger partial charge on any atom is 0.00501 e. The third kappa shape index (κ3) is 3.82. The van der Waals surface area contributed by atoms with Crippen LogP contribution in [0.4, 0.5) is 0 Å². The van der Waals surface area contributed by atoms with Crippen LogP contribution in [-0.4, -0.2) is 38.1 Å². The molecule has 1 N–H and O–H groups in total. The smallest absolute Gasteiger partial charge is 0.00501 e. The van der Waals surface area contributed by atoms with Crippen molar-refractivity contribution in [3.8, 4) is 0 Å². The summed E-state index contributed by atoms with van der Waals surface area (Å²) in [6, 6.07) is 0. The first-order valence-electron chi connectivity index (χ1n) is 9.63. The van der Waals surface area contributed by atoms with Gasteiger partial charge in [0.25, 0.3) is 0 Å². The Kier molecular flexibility index (Phi) is 5.27. The highest BCUT2D eigenvalue weighted by atomic mass is 15.1. The van der Waals surface area contributed by atoms with E-state index in [1.165, 1.54) is 103 Å². The van der Waals surface area contributed by atoms with Gasteiger partial charge in [-0.05, 0) is 69.5 Å². The van der Waals surface area contributed by atoms with E-state index in [2.05, 4.69) is 17.3 Å². The van der Waals surface area contributed by atoms with Gasteiger partial charge in [-0.15, -0.1) is 0 Å². The van der Waals surface area contributed by atoms with Gasteiger partial charge in [-0.3, -0.25) is 0 Å². The summed E-state index contributed by atoms with van der Waals surface area (Å²) in [7, 11) is 2.14. The van der Waals surface area contributed by atoms with Crippen LogP contribution in [0.25, 0.3) is 0 Å². The van der Waals surface area contributed by atoms with Gasteiger partial charge in [-0.25, -0.2) is 0 Å². The van der Waals surface area contributed by atoms with Crippen LogP contribution in [0.1, 0.15) is 77.0 Å². The summed E-state index contributed by atoms with van der Waals surface area (Å²) in [5.74, 6) is 0. The van der Waals surface area contributed by atoms with Crippen molar-refractivity contribution in [1.82, 2.24) is 10.2 Å². The molecule has 2 heteroatoms. The molecule has 21 heavy (non-hydrogen) atoms. The van der Waals surface area contributed by atoms with Crippen molar-refractivity contribution < 1.29 is 0 Å². The van der Waals surface area contributed by atoms with E-state index in [4.69, 9.17) is 0 Å². The molecule has 0 aromatic carbocycles. The summed E-state index contributed by atoms with van der Waals surface area (Å²) in [5.41, 5.74) is 1.35. The predicted molar refractivity (Wildman–Crippen MR) is 90.6 cm³/mol. The average Bonchev–Trinajstić information content (AvgIpc) is 2.52. The highest BCUT2D eigenvalue weighted by Crippen LogP contribution is 2.45. The maximum atomic E-state index is 3.50. The van der Waals surface area contributed by atoms with Gasteiger partial charge in [0.15, 0.2) is 0 Å². The van der Waals surface area contributed by atoms with E-state index in [0.717, 1.165) is 5.41 Å². The van der Waals surface area contributed by atoms with E-state index >= 15 is 0 Å². The van der Waals surface area contributed by atoms with E-state index in [1.54, 1.807) is 0 Å². The quantitative estimate of drug-likeness (QED) is 0.835. The number of nitrogens with zero attached hydrogens (tertiary/aromatic N) is 1. The predicted octanol–water partition coefficient (Wildman–Crippen LogP) is 4.20. The van der Waals surface area contributed by atoms with Crippen molar-refractivity contribution in [2.24, 2.45) is 10.8 Å². The Hall–Kier alpha value is -0.0800. The minimum Gasteiger partial charge on any atom is -0.319 e. The lowest BCUT2D eigenvalue weighted by molar-refractivity contribution is 0.0306. The second kappa shape index (κ2) is 7.00. The molecule has 2 aliphatic carbocycles. The van der Waals surface area contributed by atoms with Crippen LogP contribution in [0.2, 0.25) is 0 Å². The summed E-state index contributed by atoms with van der Waals surface area (Å²) in [4.78, 5) is 2.82. The Morgan fingerprint density at radius 3 is 1.90 bits per heavy atom. The molecule has 1 spiro atoms. The Bertz CT molecular complexity index is 298. The SMILES string of the molecule is CNCC1(CN2CCC3(CCCCC3)CC2)CCCCC1. The Balaban J connectivity index is 1.53. The second-order valence-electron chi connectivity index (χ2n) is 8.43. The lowest BCUT2D eigenvalue weighted by atomic mass is 9.67. The van der Waals surface area contributed by atoms with Gasteiger partial charge < -0.3 is 10.2 Å². The molecule has 0 aromatic rings. The number of rotatable bonds is 4. The summed E-state index contributed by atoms with van der Waals surface area (Å²) >= 11 is 0. The standard InChI is InChI=1S/C19H36N2/c1-20-16-19(10-6-3-7-11-19)17-21-14-12-18(13-15-21)8-4-2-5-9-18/h20H,2-17H2,1H3. The van der Waals surface area contributed by atoms with Gasteiger partial charge in [0.2, 0.25) is 0 Å². The molecule has 3 fully saturated rings. The van der Waals surface area contributed by atoms with Gasteiger partial charge in [0, 0.05) is 13.1 Å². The first-order valence-corrected chi connectivity index (χ1v) is 9.63. The van der Waals surface area contributed by atoms with Crippen LogP contribution in [0.5, 0.6) is 0 Å². The number of nitrogens with one attached hydrogen (secondary N) is 1. The molecule has 0 amide bonds. The Morgan fingerprint density at radius 2 is 1.33 bits per heavy atom. The molecule has 1 aliphatic heterocycles. The monoisotopic (exact) mass is 292 g/mol. The third-order valence-electron chi connectivity index (χ3n) is 6.86. The first kappa shape index (κ1) is 15.8. The van der Waals surface area contributed by atoms with E-state index < -0.39 is 0 Å². The number of hydrogen-bond donors (Lipinski definition) is 1. The lowest BCUT2D eigenvalue weighted by Crippen LogP contribution is -2.49. The van der Waals surface area contributed by atoms with E-state index in [-0.39, 0.29) is 0 Å². The minimum absolute atomic E-state index is 0.587. The molecule has 1 saturated heterocycles. The Morgan fingerprint density at radius 1 is 0.762 bits per heavy atom. The van der Waals surface area contributed by atoms with Crippen LogP contribution in [-0.2, 0) is 0 Å². The van der Waals surface area contributed by atoms with Gasteiger partial charge in [0.1, 0.15) is 0 Å². The zero-order valence-corrected chi connectivity index (χ0v) is 14.3.